The van der Waals surface area contributed by atoms with Crippen molar-refractivity contribution in [1.82, 2.24) is 19.0 Å². The van der Waals surface area contributed by atoms with Crippen LogP contribution in [0.25, 0.3) is 11.0 Å². The molecule has 0 spiro atoms. The van der Waals surface area contributed by atoms with Gasteiger partial charge in [-0.2, -0.15) is 0 Å². The van der Waals surface area contributed by atoms with E-state index in [0.29, 0.717) is 17.6 Å². The van der Waals surface area contributed by atoms with Crippen molar-refractivity contribution in [2.75, 3.05) is 0 Å². The van der Waals surface area contributed by atoms with E-state index in [0.717, 1.165) is 15.7 Å². The van der Waals surface area contributed by atoms with Crippen LogP contribution in [0.3, 0.4) is 0 Å². The molecule has 0 radical (unpaired) electrons. The summed E-state index contributed by atoms with van der Waals surface area (Å²) in [7, 11) is 3.03. The average Bonchev–Trinajstić information content (AvgIpc) is 3.01. The van der Waals surface area contributed by atoms with E-state index < -0.39 is 5.56 Å². The van der Waals surface area contributed by atoms with Crippen molar-refractivity contribution in [3.8, 4) is 0 Å². The van der Waals surface area contributed by atoms with Crippen molar-refractivity contribution in [3.63, 3.8) is 0 Å². The van der Waals surface area contributed by atoms with Crippen LogP contribution in [0.4, 0.5) is 0 Å². The third kappa shape index (κ3) is 3.13. The van der Waals surface area contributed by atoms with Crippen LogP contribution in [0.5, 0.6) is 0 Å². The molecule has 0 aliphatic rings. The Morgan fingerprint density at radius 2 is 1.72 bits per heavy atom. The molecule has 0 saturated heterocycles. The minimum absolute atomic E-state index is 0.0167. The van der Waals surface area contributed by atoms with Gasteiger partial charge in [-0.05, 0) is 18.6 Å². The van der Waals surface area contributed by atoms with E-state index in [1.54, 1.807) is 23.9 Å². The molecule has 0 bridgehead atoms. The minimum Gasteiger partial charge on any atom is -0.350 e. The van der Waals surface area contributed by atoms with Gasteiger partial charge in [0.25, 0.3) is 5.56 Å². The van der Waals surface area contributed by atoms with E-state index in [1.807, 2.05) is 31.2 Å². The van der Waals surface area contributed by atoms with E-state index in [4.69, 9.17) is 0 Å². The number of hydrogen-bond acceptors (Lipinski definition) is 3. The quantitative estimate of drug-likeness (QED) is 0.758. The summed E-state index contributed by atoms with van der Waals surface area (Å²) in [6, 6.07) is 9.58. The maximum absolute atomic E-state index is 12.4. The molecular formula is C18H20N4O3. The first-order valence-electron chi connectivity index (χ1n) is 7.95. The number of hydrogen-bond donors (Lipinski definition) is 1. The van der Waals surface area contributed by atoms with Gasteiger partial charge >= 0.3 is 5.69 Å². The van der Waals surface area contributed by atoms with Crippen molar-refractivity contribution in [2.24, 2.45) is 14.1 Å². The van der Waals surface area contributed by atoms with Gasteiger partial charge in [-0.3, -0.25) is 18.7 Å². The van der Waals surface area contributed by atoms with Crippen molar-refractivity contribution in [2.45, 2.75) is 20.0 Å². The highest BCUT2D eigenvalue weighted by atomic mass is 16.2. The van der Waals surface area contributed by atoms with E-state index >= 15 is 0 Å². The SMILES string of the molecule is Cc1ccc(CNC(=O)Cn2ccc3c2c(=O)n(C)c(=O)n3C)cc1. The zero-order chi connectivity index (χ0) is 18.1. The van der Waals surface area contributed by atoms with E-state index in [-0.39, 0.29) is 18.1 Å². The van der Waals surface area contributed by atoms with Crippen molar-refractivity contribution in [3.05, 3.63) is 68.5 Å². The summed E-state index contributed by atoms with van der Waals surface area (Å²) in [5, 5.41) is 2.84. The van der Waals surface area contributed by atoms with Crippen molar-refractivity contribution >= 4 is 16.9 Å². The first-order chi connectivity index (χ1) is 11.9. The summed E-state index contributed by atoms with van der Waals surface area (Å²) in [6.07, 6.45) is 1.65. The van der Waals surface area contributed by atoms with Crippen LogP contribution >= 0.6 is 0 Å². The predicted molar refractivity (Wildman–Crippen MR) is 95.4 cm³/mol. The molecule has 2 aromatic heterocycles. The normalized spacial score (nSPS) is 11.0. The largest absolute Gasteiger partial charge is 0.350 e. The number of rotatable bonds is 4. The molecule has 7 heteroatoms. The zero-order valence-electron chi connectivity index (χ0n) is 14.4. The van der Waals surface area contributed by atoms with Crippen LogP contribution in [0.15, 0.2) is 46.1 Å². The van der Waals surface area contributed by atoms with Crippen LogP contribution in [0.2, 0.25) is 0 Å². The second-order valence-corrected chi connectivity index (χ2v) is 6.15. The topological polar surface area (TPSA) is 78.0 Å². The fourth-order valence-electron chi connectivity index (χ4n) is 2.79. The predicted octanol–water partition coefficient (Wildman–Crippen LogP) is 0.664. The van der Waals surface area contributed by atoms with Gasteiger partial charge in [0.05, 0.1) is 5.52 Å². The van der Waals surface area contributed by atoms with Crippen LogP contribution in [0.1, 0.15) is 11.1 Å². The molecule has 0 fully saturated rings. The second kappa shape index (κ2) is 6.43. The van der Waals surface area contributed by atoms with Gasteiger partial charge in [0, 0.05) is 26.8 Å². The summed E-state index contributed by atoms with van der Waals surface area (Å²) < 4.78 is 4.02. The molecule has 130 valence electrons. The zero-order valence-corrected chi connectivity index (χ0v) is 14.4. The lowest BCUT2D eigenvalue weighted by atomic mass is 10.1. The molecule has 1 N–H and O–H groups in total. The molecule has 3 rings (SSSR count). The number of nitrogens with one attached hydrogen (secondary N) is 1. The fourth-order valence-corrected chi connectivity index (χ4v) is 2.79. The van der Waals surface area contributed by atoms with Gasteiger partial charge in [0.2, 0.25) is 5.91 Å². The molecule has 25 heavy (non-hydrogen) atoms. The van der Waals surface area contributed by atoms with Gasteiger partial charge in [-0.25, -0.2) is 4.79 Å². The lowest BCUT2D eigenvalue weighted by Gasteiger charge is -2.09. The van der Waals surface area contributed by atoms with Gasteiger partial charge < -0.3 is 9.88 Å². The Labute approximate surface area is 144 Å². The number of nitrogens with zero attached hydrogens (tertiary/aromatic N) is 3. The Balaban J connectivity index is 1.81. The molecule has 0 aliphatic carbocycles. The molecular weight excluding hydrogens is 320 g/mol. The lowest BCUT2D eigenvalue weighted by molar-refractivity contribution is -0.121. The number of carbonyl (C=O) groups excluding carboxylic acids is 1. The highest BCUT2D eigenvalue weighted by Gasteiger charge is 2.14. The summed E-state index contributed by atoms with van der Waals surface area (Å²) in [4.78, 5) is 36.6. The van der Waals surface area contributed by atoms with Crippen LogP contribution in [-0.2, 0) is 32.0 Å². The number of benzene rings is 1. The standard InChI is InChI=1S/C18H20N4O3/c1-12-4-6-13(7-5-12)10-19-15(23)11-22-9-8-14-16(22)17(24)21(3)18(25)20(14)2/h4-9H,10-11H2,1-3H3,(H,19,23). The molecule has 3 aromatic rings. The van der Waals surface area contributed by atoms with Gasteiger partial charge in [-0.15, -0.1) is 0 Å². The number of aromatic nitrogens is 3. The Morgan fingerprint density at radius 3 is 2.40 bits per heavy atom. The van der Waals surface area contributed by atoms with E-state index in [1.165, 1.54) is 11.6 Å². The van der Waals surface area contributed by atoms with Gasteiger partial charge in [0.1, 0.15) is 12.1 Å². The van der Waals surface area contributed by atoms with Crippen LogP contribution in [-0.4, -0.2) is 19.6 Å². The third-order valence-corrected chi connectivity index (χ3v) is 4.31. The van der Waals surface area contributed by atoms with Crippen LogP contribution < -0.4 is 16.6 Å². The maximum Gasteiger partial charge on any atom is 0.331 e. The van der Waals surface area contributed by atoms with Crippen molar-refractivity contribution < 1.29 is 4.79 Å². The molecule has 0 atom stereocenters. The summed E-state index contributed by atoms with van der Waals surface area (Å²) >= 11 is 0. The summed E-state index contributed by atoms with van der Waals surface area (Å²) in [5.74, 6) is -0.200. The molecule has 0 saturated carbocycles. The first-order valence-corrected chi connectivity index (χ1v) is 7.95. The Morgan fingerprint density at radius 1 is 1.04 bits per heavy atom. The molecule has 0 aliphatic heterocycles. The van der Waals surface area contributed by atoms with Gasteiger partial charge in [0.15, 0.2) is 0 Å². The first kappa shape index (κ1) is 16.8. The average molecular weight is 340 g/mol. The Kier molecular flexibility index (Phi) is 4.31. The molecule has 1 amide bonds. The number of carbonyl (C=O) groups is 1. The monoisotopic (exact) mass is 340 g/mol. The third-order valence-electron chi connectivity index (χ3n) is 4.31. The molecule has 1 aromatic carbocycles. The minimum atomic E-state index is -0.408. The van der Waals surface area contributed by atoms with Crippen molar-refractivity contribution in [1.29, 1.82) is 0 Å². The Bertz CT molecular complexity index is 1050. The Hall–Kier alpha value is -3.09. The number of fused-ring (bicyclic) bond motifs is 1. The number of aryl methyl sites for hydroxylation is 2. The maximum atomic E-state index is 12.4. The van der Waals surface area contributed by atoms with E-state index in [2.05, 4.69) is 5.32 Å². The molecule has 0 unspecified atom stereocenters. The smallest absolute Gasteiger partial charge is 0.331 e. The summed E-state index contributed by atoms with van der Waals surface area (Å²) in [5.41, 5.74) is 2.23. The highest BCUT2D eigenvalue weighted by Crippen LogP contribution is 2.09. The lowest BCUT2D eigenvalue weighted by Crippen LogP contribution is -2.38. The fraction of sp³-hybridized carbons (Fsp3) is 0.278. The van der Waals surface area contributed by atoms with E-state index in [9.17, 15) is 14.4 Å². The van der Waals surface area contributed by atoms with Gasteiger partial charge in [-0.1, -0.05) is 29.8 Å². The second-order valence-electron chi connectivity index (χ2n) is 6.15. The summed E-state index contributed by atoms with van der Waals surface area (Å²) in [6.45, 7) is 2.45. The molecule has 7 nitrogen and oxygen atoms in total. The van der Waals surface area contributed by atoms with Crippen LogP contribution in [0, 0.1) is 6.92 Å². The number of amides is 1. The molecule has 2 heterocycles. The highest BCUT2D eigenvalue weighted by molar-refractivity contribution is 5.80.